The lowest BCUT2D eigenvalue weighted by Crippen LogP contribution is -2.23. The Labute approximate surface area is 150 Å². The number of esters is 1. The lowest BCUT2D eigenvalue weighted by Gasteiger charge is -2.04. The van der Waals surface area contributed by atoms with Gasteiger partial charge in [-0.05, 0) is 25.1 Å². The van der Waals surface area contributed by atoms with Crippen molar-refractivity contribution in [3.8, 4) is 0 Å². The normalized spacial score (nSPS) is 11.7. The Morgan fingerprint density at radius 1 is 1.38 bits per heavy atom. The SMILES string of the molecule is CCOC(=O)Cn1c(=NC(=O)c2ccco2)sc2ccc([N+](=O)[O-])cc21. The zero-order chi connectivity index (χ0) is 18.7. The minimum absolute atomic E-state index is 0.0520. The fourth-order valence-electron chi connectivity index (χ4n) is 2.29. The summed E-state index contributed by atoms with van der Waals surface area (Å²) in [5.41, 5.74) is 0.292. The van der Waals surface area contributed by atoms with Gasteiger partial charge in [0.2, 0.25) is 0 Å². The number of benzene rings is 1. The minimum atomic E-state index is -0.617. The highest BCUT2D eigenvalue weighted by molar-refractivity contribution is 7.16. The molecule has 10 heteroatoms. The van der Waals surface area contributed by atoms with E-state index >= 15 is 0 Å². The van der Waals surface area contributed by atoms with Gasteiger partial charge in [0.15, 0.2) is 10.6 Å². The molecule has 2 heterocycles. The molecule has 26 heavy (non-hydrogen) atoms. The predicted molar refractivity (Wildman–Crippen MR) is 91.7 cm³/mol. The number of carbonyl (C=O) groups is 2. The van der Waals surface area contributed by atoms with E-state index in [9.17, 15) is 19.7 Å². The molecule has 0 radical (unpaired) electrons. The van der Waals surface area contributed by atoms with E-state index in [1.807, 2.05) is 0 Å². The van der Waals surface area contributed by atoms with Crippen molar-refractivity contribution >= 4 is 39.1 Å². The molecule has 0 aliphatic heterocycles. The van der Waals surface area contributed by atoms with Crippen LogP contribution in [0.5, 0.6) is 0 Å². The van der Waals surface area contributed by atoms with Gasteiger partial charge in [0, 0.05) is 12.1 Å². The second-order valence-corrected chi connectivity index (χ2v) is 6.09. The van der Waals surface area contributed by atoms with Gasteiger partial charge in [-0.3, -0.25) is 19.7 Å². The molecular formula is C16H13N3O6S. The molecule has 0 atom stereocenters. The molecule has 0 bridgehead atoms. The number of thiazole rings is 1. The van der Waals surface area contributed by atoms with E-state index < -0.39 is 16.8 Å². The number of aromatic nitrogens is 1. The molecule has 9 nitrogen and oxygen atoms in total. The van der Waals surface area contributed by atoms with Crippen molar-refractivity contribution in [3.63, 3.8) is 0 Å². The second kappa shape index (κ2) is 7.31. The van der Waals surface area contributed by atoms with Crippen LogP contribution in [0.1, 0.15) is 17.5 Å². The maximum Gasteiger partial charge on any atom is 0.326 e. The molecule has 3 aromatic rings. The van der Waals surface area contributed by atoms with Gasteiger partial charge in [0.1, 0.15) is 6.54 Å². The van der Waals surface area contributed by atoms with Gasteiger partial charge in [-0.1, -0.05) is 11.3 Å². The van der Waals surface area contributed by atoms with Gasteiger partial charge in [-0.25, -0.2) is 0 Å². The molecule has 0 aliphatic carbocycles. The second-order valence-electron chi connectivity index (χ2n) is 5.08. The maximum atomic E-state index is 12.2. The van der Waals surface area contributed by atoms with Gasteiger partial charge in [-0.15, -0.1) is 0 Å². The van der Waals surface area contributed by atoms with E-state index in [-0.39, 0.29) is 29.4 Å². The van der Waals surface area contributed by atoms with Crippen LogP contribution in [0.25, 0.3) is 10.2 Å². The summed E-state index contributed by atoms with van der Waals surface area (Å²) in [7, 11) is 0. The number of nitro benzene ring substituents is 1. The van der Waals surface area contributed by atoms with Crippen LogP contribution in [0.4, 0.5) is 5.69 Å². The van der Waals surface area contributed by atoms with E-state index in [1.165, 1.54) is 29.0 Å². The van der Waals surface area contributed by atoms with Crippen LogP contribution in [0.15, 0.2) is 46.0 Å². The Balaban J connectivity index is 2.15. The molecule has 0 unspecified atom stereocenters. The minimum Gasteiger partial charge on any atom is -0.465 e. The molecule has 134 valence electrons. The van der Waals surface area contributed by atoms with Crippen molar-refractivity contribution in [3.05, 3.63) is 57.3 Å². The maximum absolute atomic E-state index is 12.2. The quantitative estimate of drug-likeness (QED) is 0.384. The summed E-state index contributed by atoms with van der Waals surface area (Å²) in [6, 6.07) is 7.27. The molecule has 3 rings (SSSR count). The van der Waals surface area contributed by atoms with Crippen LogP contribution >= 0.6 is 11.3 Å². The van der Waals surface area contributed by atoms with Crippen molar-refractivity contribution in [2.24, 2.45) is 4.99 Å². The summed E-state index contributed by atoms with van der Waals surface area (Å²) in [5.74, 6) is -1.10. The van der Waals surface area contributed by atoms with E-state index in [0.29, 0.717) is 10.2 Å². The van der Waals surface area contributed by atoms with Crippen molar-refractivity contribution in [2.45, 2.75) is 13.5 Å². The molecule has 1 aromatic carbocycles. The molecule has 2 aromatic heterocycles. The average Bonchev–Trinajstić information content (AvgIpc) is 3.24. The first kappa shape index (κ1) is 17.5. The highest BCUT2D eigenvalue weighted by Gasteiger charge is 2.16. The molecule has 0 fully saturated rings. The number of nitrogens with zero attached hydrogens (tertiary/aromatic N) is 3. The molecular weight excluding hydrogens is 362 g/mol. The molecule has 0 aliphatic rings. The Hall–Kier alpha value is -3.27. The number of fused-ring (bicyclic) bond motifs is 1. The molecule has 0 saturated heterocycles. The number of rotatable bonds is 5. The van der Waals surface area contributed by atoms with Gasteiger partial charge >= 0.3 is 11.9 Å². The van der Waals surface area contributed by atoms with Crippen LogP contribution in [0.2, 0.25) is 0 Å². The number of amides is 1. The number of non-ortho nitro benzene ring substituents is 1. The number of hydrogen-bond donors (Lipinski definition) is 0. The van der Waals surface area contributed by atoms with E-state index in [1.54, 1.807) is 19.1 Å². The van der Waals surface area contributed by atoms with Crippen molar-refractivity contribution in [1.82, 2.24) is 4.57 Å². The molecule has 0 spiro atoms. The standard InChI is InChI=1S/C16H13N3O6S/c1-2-24-14(20)9-18-11-8-10(19(22)23)5-6-13(11)26-16(18)17-15(21)12-4-3-7-25-12/h3-8H,2,9H2,1H3. The van der Waals surface area contributed by atoms with Crippen molar-refractivity contribution in [2.75, 3.05) is 6.61 Å². The third-order valence-electron chi connectivity index (χ3n) is 3.40. The van der Waals surface area contributed by atoms with Crippen molar-refractivity contribution in [1.29, 1.82) is 0 Å². The highest BCUT2D eigenvalue weighted by atomic mass is 32.1. The predicted octanol–water partition coefficient (Wildman–Crippen LogP) is 2.51. The fraction of sp³-hybridized carbons (Fsp3) is 0.188. The molecule has 1 amide bonds. The lowest BCUT2D eigenvalue weighted by atomic mass is 10.3. The van der Waals surface area contributed by atoms with Crippen LogP contribution in [-0.4, -0.2) is 28.0 Å². The zero-order valence-electron chi connectivity index (χ0n) is 13.6. The summed E-state index contributed by atoms with van der Waals surface area (Å²) >= 11 is 1.13. The Morgan fingerprint density at radius 3 is 2.85 bits per heavy atom. The number of ether oxygens (including phenoxy) is 1. The zero-order valence-corrected chi connectivity index (χ0v) is 14.4. The average molecular weight is 375 g/mol. The van der Waals surface area contributed by atoms with Crippen LogP contribution < -0.4 is 4.80 Å². The Bertz CT molecular complexity index is 1050. The molecule has 0 saturated carbocycles. The molecule has 0 N–H and O–H groups in total. The fourth-order valence-corrected chi connectivity index (χ4v) is 3.30. The van der Waals surface area contributed by atoms with E-state index in [4.69, 9.17) is 9.15 Å². The summed E-state index contributed by atoms with van der Waals surface area (Å²) in [4.78, 5) is 38.8. The third-order valence-corrected chi connectivity index (χ3v) is 4.46. The largest absolute Gasteiger partial charge is 0.465 e. The van der Waals surface area contributed by atoms with E-state index in [0.717, 1.165) is 11.3 Å². The van der Waals surface area contributed by atoms with E-state index in [2.05, 4.69) is 4.99 Å². The highest BCUT2D eigenvalue weighted by Crippen LogP contribution is 2.23. The van der Waals surface area contributed by atoms with Crippen LogP contribution in [0.3, 0.4) is 0 Å². The van der Waals surface area contributed by atoms with Crippen LogP contribution in [0, 0.1) is 10.1 Å². The number of nitro groups is 1. The van der Waals surface area contributed by atoms with Gasteiger partial charge in [0.05, 0.1) is 28.0 Å². The summed E-state index contributed by atoms with van der Waals surface area (Å²) in [6.07, 6.45) is 1.35. The first-order valence-corrected chi connectivity index (χ1v) is 8.37. The van der Waals surface area contributed by atoms with Gasteiger partial charge in [-0.2, -0.15) is 4.99 Å². The van der Waals surface area contributed by atoms with Gasteiger partial charge in [0.25, 0.3) is 5.69 Å². The van der Waals surface area contributed by atoms with Crippen molar-refractivity contribution < 1.29 is 23.7 Å². The monoisotopic (exact) mass is 375 g/mol. The first-order valence-electron chi connectivity index (χ1n) is 7.55. The Morgan fingerprint density at radius 2 is 2.19 bits per heavy atom. The number of furan rings is 1. The summed E-state index contributed by atoms with van der Waals surface area (Å²) < 4.78 is 12.0. The summed E-state index contributed by atoms with van der Waals surface area (Å²) in [5, 5.41) is 11.0. The summed E-state index contributed by atoms with van der Waals surface area (Å²) in [6.45, 7) is 1.64. The first-order chi connectivity index (χ1) is 12.5. The third kappa shape index (κ3) is 3.54. The Kier molecular flexibility index (Phi) is 4.94. The number of carbonyl (C=O) groups excluding carboxylic acids is 2. The van der Waals surface area contributed by atoms with Gasteiger partial charge < -0.3 is 13.7 Å². The lowest BCUT2D eigenvalue weighted by molar-refractivity contribution is -0.384. The topological polar surface area (TPSA) is 117 Å². The number of hydrogen-bond acceptors (Lipinski definition) is 7. The van der Waals surface area contributed by atoms with Crippen LogP contribution in [-0.2, 0) is 16.1 Å². The smallest absolute Gasteiger partial charge is 0.326 e.